The van der Waals surface area contributed by atoms with E-state index < -0.39 is 70.3 Å². The van der Waals surface area contributed by atoms with Gasteiger partial charge < -0.3 is 50.0 Å². The largest absolute Gasteiger partial charge is 0.747 e. The number of aromatic nitrogens is 8. The number of aliphatic hydroxyl groups excluding tert-OH is 2. The topological polar surface area (TPSA) is 310 Å². The van der Waals surface area contributed by atoms with Gasteiger partial charge in [-0.1, -0.05) is 0 Å². The fourth-order valence-corrected chi connectivity index (χ4v) is 5.51. The normalized spacial score (nSPS) is 23.4. The molecule has 6 atom stereocenters. The highest BCUT2D eigenvalue weighted by molar-refractivity contribution is 7.52. The molecule has 0 amide bonds. The lowest BCUT2D eigenvalue weighted by molar-refractivity contribution is -0.0479. The van der Waals surface area contributed by atoms with E-state index in [2.05, 4.69) is 29.9 Å². The molecular weight excluding hydrogens is 634 g/mol. The molecule has 2 aliphatic heterocycles. The smallest absolute Gasteiger partial charge is 0.466 e. The van der Waals surface area contributed by atoms with Gasteiger partial charge in [0.2, 0.25) is 24.6 Å². The van der Waals surface area contributed by atoms with Gasteiger partial charge in [0.15, 0.2) is 35.1 Å². The summed E-state index contributed by atoms with van der Waals surface area (Å²) in [5, 5.41) is 21.8. The summed E-state index contributed by atoms with van der Waals surface area (Å²) in [4.78, 5) is 43.8. The summed E-state index contributed by atoms with van der Waals surface area (Å²) in [5.41, 5.74) is 12.3. The second kappa shape index (κ2) is 11.0. The molecule has 232 valence electrons. The standard InChI is InChI=1S/C20H20N10O12P2/c1-37-19-12(10(32)18(39-19)30-5-28-8-14(22)24-3-26-16(8)30)42-44(35,36)6-38-20-11(41-43(33)34)9(31)17(40-20)29-4-27-7-13(21)23-2-25-15(7)29/h2-5,9-10,17-18,31-32H,6H2,1H3,(H5-,21,22,23,24,25,26,33,34,35,36)/p+1. The van der Waals surface area contributed by atoms with E-state index in [4.69, 9.17) is 39.5 Å². The molecule has 0 saturated carbocycles. The summed E-state index contributed by atoms with van der Waals surface area (Å²) >= 11 is 0. The highest BCUT2D eigenvalue weighted by atomic mass is 31.2. The second-order valence-electron chi connectivity index (χ2n) is 8.91. The van der Waals surface area contributed by atoms with Crippen LogP contribution in [0.2, 0.25) is 0 Å². The van der Waals surface area contributed by atoms with Gasteiger partial charge in [0.05, 0.1) is 7.11 Å². The number of hydrogen-bond donors (Lipinski definition) is 6. The SMILES string of the molecule is COC1=C(OP(=O)(O)COC2=C(O[P+](=O)O)C(O)C(n3cnc4c(N)ncnc43)O2)C(O)C(n2cnc3c(N)ncnc32)O1. The van der Waals surface area contributed by atoms with E-state index in [0.29, 0.717) is 0 Å². The van der Waals surface area contributed by atoms with Crippen LogP contribution < -0.4 is 11.5 Å². The second-order valence-corrected chi connectivity index (χ2v) is 11.3. The molecule has 4 aromatic heterocycles. The Kier molecular flexibility index (Phi) is 7.32. The Balaban J connectivity index is 1.20. The maximum atomic E-state index is 13.1. The molecule has 44 heavy (non-hydrogen) atoms. The molecule has 22 nitrogen and oxygen atoms in total. The van der Waals surface area contributed by atoms with Crippen LogP contribution in [0.15, 0.2) is 48.7 Å². The number of anilines is 2. The first kappa shape index (κ1) is 29.2. The van der Waals surface area contributed by atoms with Crippen LogP contribution in [0.4, 0.5) is 11.6 Å². The molecule has 0 aliphatic carbocycles. The lowest BCUT2D eigenvalue weighted by Crippen LogP contribution is -2.23. The van der Waals surface area contributed by atoms with Crippen molar-refractivity contribution < 1.29 is 57.1 Å². The van der Waals surface area contributed by atoms with Crippen LogP contribution in [0.5, 0.6) is 0 Å². The molecule has 8 N–H and O–H groups in total. The first-order chi connectivity index (χ1) is 21.0. The lowest BCUT2D eigenvalue weighted by Gasteiger charge is -2.19. The number of nitrogens with two attached hydrogens (primary N) is 2. The van der Waals surface area contributed by atoms with E-state index in [1.807, 2.05) is 0 Å². The first-order valence-corrected chi connectivity index (χ1v) is 14.9. The van der Waals surface area contributed by atoms with E-state index in [1.54, 1.807) is 0 Å². The zero-order valence-corrected chi connectivity index (χ0v) is 23.8. The van der Waals surface area contributed by atoms with Crippen molar-refractivity contribution in [2.45, 2.75) is 24.7 Å². The molecule has 24 heteroatoms. The molecule has 6 rings (SSSR count). The highest BCUT2D eigenvalue weighted by Crippen LogP contribution is 2.50. The zero-order chi connectivity index (χ0) is 31.3. The minimum Gasteiger partial charge on any atom is -0.466 e. The summed E-state index contributed by atoms with van der Waals surface area (Å²) in [6.07, 6.45) is -2.64. The van der Waals surface area contributed by atoms with Crippen LogP contribution in [0.1, 0.15) is 12.5 Å². The molecule has 2 aliphatic rings. The minimum absolute atomic E-state index is 0.0302. The van der Waals surface area contributed by atoms with Crippen molar-refractivity contribution in [3.63, 3.8) is 0 Å². The highest BCUT2D eigenvalue weighted by Gasteiger charge is 2.47. The van der Waals surface area contributed by atoms with Crippen molar-refractivity contribution in [1.29, 1.82) is 0 Å². The van der Waals surface area contributed by atoms with Gasteiger partial charge in [-0.15, -0.1) is 4.89 Å². The summed E-state index contributed by atoms with van der Waals surface area (Å²) in [5.74, 6) is -2.34. The lowest BCUT2D eigenvalue weighted by atomic mass is 10.3. The van der Waals surface area contributed by atoms with Crippen molar-refractivity contribution >= 4 is 49.8 Å². The predicted molar refractivity (Wildman–Crippen MR) is 141 cm³/mol. The number of imidazole rings is 2. The minimum atomic E-state index is -4.86. The van der Waals surface area contributed by atoms with E-state index in [1.165, 1.54) is 28.1 Å². The van der Waals surface area contributed by atoms with Crippen molar-refractivity contribution in [3.8, 4) is 0 Å². The number of hydrogen-bond acceptors (Lipinski definition) is 18. The van der Waals surface area contributed by atoms with Crippen LogP contribution in [-0.4, -0.2) is 84.7 Å². The Morgan fingerprint density at radius 1 is 0.909 bits per heavy atom. The summed E-state index contributed by atoms with van der Waals surface area (Å²) < 4.78 is 58.5. The van der Waals surface area contributed by atoms with Gasteiger partial charge >= 0.3 is 27.7 Å². The van der Waals surface area contributed by atoms with Gasteiger partial charge in [0.1, 0.15) is 36.3 Å². The average molecular weight is 655 g/mol. The van der Waals surface area contributed by atoms with Crippen LogP contribution in [0.3, 0.4) is 0 Å². The molecule has 6 heterocycles. The zero-order valence-electron chi connectivity index (χ0n) is 22.0. The van der Waals surface area contributed by atoms with Gasteiger partial charge in [0, 0.05) is 4.57 Å². The van der Waals surface area contributed by atoms with E-state index >= 15 is 0 Å². The molecule has 0 saturated heterocycles. The Morgan fingerprint density at radius 3 is 1.95 bits per heavy atom. The third-order valence-corrected chi connectivity index (χ3v) is 7.51. The molecule has 6 unspecified atom stereocenters. The summed E-state index contributed by atoms with van der Waals surface area (Å²) in [6.45, 7) is 0. The maximum absolute atomic E-state index is 13.1. The van der Waals surface area contributed by atoms with E-state index in [9.17, 15) is 29.1 Å². The average Bonchev–Trinajstić information content (AvgIpc) is 3.74. The van der Waals surface area contributed by atoms with E-state index in [-0.39, 0.29) is 34.0 Å². The molecular formula is C20H21N10O12P2+. The van der Waals surface area contributed by atoms with E-state index in [0.717, 1.165) is 13.4 Å². The quantitative estimate of drug-likeness (QED) is 0.117. The number of nitrogens with zero attached hydrogens (tertiary/aromatic N) is 8. The Morgan fingerprint density at radius 2 is 1.43 bits per heavy atom. The van der Waals surface area contributed by atoms with Crippen LogP contribution in [0, 0.1) is 0 Å². The summed E-state index contributed by atoms with van der Waals surface area (Å²) in [7, 11) is -7.04. The molecule has 4 aromatic rings. The molecule has 0 radical (unpaired) electrons. The van der Waals surface area contributed by atoms with Gasteiger partial charge in [-0.05, 0) is 0 Å². The first-order valence-electron chi connectivity index (χ1n) is 12.0. The fourth-order valence-electron chi connectivity index (χ4n) is 4.34. The molecule has 0 spiro atoms. The monoisotopic (exact) mass is 655 g/mol. The van der Waals surface area contributed by atoms with Crippen LogP contribution in [-0.2, 0) is 37.1 Å². The van der Waals surface area contributed by atoms with Crippen molar-refractivity contribution in [3.05, 3.63) is 48.7 Å². The number of nitrogen functional groups attached to an aromatic ring is 2. The third kappa shape index (κ3) is 5.04. The van der Waals surface area contributed by atoms with Gasteiger partial charge in [0.25, 0.3) is 5.76 Å². The van der Waals surface area contributed by atoms with Gasteiger partial charge in [-0.25, -0.2) is 39.0 Å². The van der Waals surface area contributed by atoms with Crippen molar-refractivity contribution in [1.82, 2.24) is 39.0 Å². The van der Waals surface area contributed by atoms with Crippen molar-refractivity contribution in [2.75, 3.05) is 24.9 Å². The molecule has 0 fully saturated rings. The van der Waals surface area contributed by atoms with Gasteiger partial charge in [-0.2, -0.15) is 0 Å². The predicted octanol–water partition coefficient (Wildman–Crippen LogP) is -0.563. The van der Waals surface area contributed by atoms with Crippen molar-refractivity contribution in [2.24, 2.45) is 0 Å². The third-order valence-electron chi connectivity index (χ3n) is 6.22. The Bertz CT molecular complexity index is 1900. The number of ether oxygens (including phenoxy) is 4. The summed E-state index contributed by atoms with van der Waals surface area (Å²) in [6, 6.07) is 0. The fraction of sp³-hybridized carbons (Fsp3) is 0.300. The van der Waals surface area contributed by atoms with Crippen LogP contribution >= 0.6 is 15.9 Å². The Labute approximate surface area is 244 Å². The molecule has 0 bridgehead atoms. The number of fused-ring (bicyclic) bond motifs is 2. The number of rotatable bonds is 10. The number of methoxy groups -OCH3 is 1. The molecule has 0 aromatic carbocycles. The maximum Gasteiger partial charge on any atom is 0.747 e. The Hall–Kier alpha value is -4.85. The number of aliphatic hydroxyl groups is 2. The van der Waals surface area contributed by atoms with Crippen LogP contribution in [0.25, 0.3) is 22.3 Å². The van der Waals surface area contributed by atoms with Gasteiger partial charge in [-0.3, -0.25) is 9.13 Å².